The quantitative estimate of drug-likeness (QED) is 0.661. The van der Waals surface area contributed by atoms with Gasteiger partial charge in [-0.1, -0.05) is 11.6 Å². The van der Waals surface area contributed by atoms with Gasteiger partial charge in [0.2, 0.25) is 0 Å². The number of fused-ring (bicyclic) bond motifs is 1. The van der Waals surface area contributed by atoms with Crippen LogP contribution in [-0.2, 0) is 0 Å². The molecule has 3 heterocycles. The molecule has 0 atom stereocenters. The summed E-state index contributed by atoms with van der Waals surface area (Å²) in [6.07, 6.45) is 5.28. The molecule has 3 aromatic rings. The molecule has 0 fully saturated rings. The van der Waals surface area contributed by atoms with Gasteiger partial charge in [-0.15, -0.1) is 0 Å². The molecule has 0 saturated carbocycles. The predicted molar refractivity (Wildman–Crippen MR) is 66.0 cm³/mol. The molecule has 5 heteroatoms. The number of imidazole rings is 1. The summed E-state index contributed by atoms with van der Waals surface area (Å²) in [5.74, 6) is 0. The van der Waals surface area contributed by atoms with Crippen LogP contribution in [0.15, 0.2) is 36.8 Å². The first-order valence-corrected chi connectivity index (χ1v) is 5.55. The molecule has 0 aliphatic carbocycles. The summed E-state index contributed by atoms with van der Waals surface area (Å²) in [6.45, 7) is 1.96. The largest absolute Gasteiger partial charge is 0.265 e. The Morgan fingerprint density at radius 3 is 2.76 bits per heavy atom. The van der Waals surface area contributed by atoms with Crippen LogP contribution in [0.1, 0.15) is 5.56 Å². The molecule has 0 N–H and O–H groups in total. The third-order valence-corrected chi connectivity index (χ3v) is 2.78. The van der Waals surface area contributed by atoms with Crippen LogP contribution >= 0.6 is 11.6 Å². The zero-order valence-corrected chi connectivity index (χ0v) is 9.89. The molecule has 0 radical (unpaired) electrons. The average molecular weight is 245 g/mol. The highest BCUT2D eigenvalue weighted by atomic mass is 35.5. The number of aryl methyl sites for hydroxylation is 1. The minimum absolute atomic E-state index is 0.461. The molecule has 0 spiro atoms. The zero-order valence-electron chi connectivity index (χ0n) is 9.13. The van der Waals surface area contributed by atoms with E-state index in [-0.39, 0.29) is 0 Å². The van der Waals surface area contributed by atoms with Gasteiger partial charge in [0, 0.05) is 18.0 Å². The fourth-order valence-corrected chi connectivity index (χ4v) is 2.04. The summed E-state index contributed by atoms with van der Waals surface area (Å²) in [6, 6.07) is 5.64. The van der Waals surface area contributed by atoms with Crippen LogP contribution in [0.25, 0.3) is 16.9 Å². The van der Waals surface area contributed by atoms with E-state index in [2.05, 4.69) is 15.1 Å². The molecule has 0 amide bonds. The first-order valence-electron chi connectivity index (χ1n) is 5.17. The Morgan fingerprint density at radius 1 is 1.24 bits per heavy atom. The van der Waals surface area contributed by atoms with Crippen molar-refractivity contribution in [2.24, 2.45) is 0 Å². The fraction of sp³-hybridized carbons (Fsp3) is 0.0833. The van der Waals surface area contributed by atoms with Crippen LogP contribution in [0, 0.1) is 6.92 Å². The van der Waals surface area contributed by atoms with Gasteiger partial charge in [-0.25, -0.2) is 9.50 Å². The monoisotopic (exact) mass is 244 g/mol. The number of hydrogen-bond acceptors (Lipinski definition) is 3. The molecule has 0 aliphatic rings. The lowest BCUT2D eigenvalue weighted by Crippen LogP contribution is -1.96. The van der Waals surface area contributed by atoms with Gasteiger partial charge < -0.3 is 0 Å². The molecule has 0 aromatic carbocycles. The van der Waals surface area contributed by atoms with E-state index in [9.17, 15) is 0 Å². The SMILES string of the molecule is Cc1cc(Cl)nn2c(-c3ccncc3)cnc12. The number of rotatable bonds is 1. The summed E-state index contributed by atoms with van der Waals surface area (Å²) in [5, 5.41) is 4.73. The number of pyridine rings is 1. The van der Waals surface area contributed by atoms with Crippen LogP contribution in [0.3, 0.4) is 0 Å². The van der Waals surface area contributed by atoms with Crippen molar-refractivity contribution in [3.8, 4) is 11.3 Å². The smallest absolute Gasteiger partial charge is 0.157 e. The Labute approximate surface area is 103 Å². The van der Waals surface area contributed by atoms with E-state index >= 15 is 0 Å². The Morgan fingerprint density at radius 2 is 2.00 bits per heavy atom. The molecule has 3 rings (SSSR count). The van der Waals surface area contributed by atoms with Crippen molar-refractivity contribution in [1.29, 1.82) is 0 Å². The highest BCUT2D eigenvalue weighted by Gasteiger charge is 2.09. The van der Waals surface area contributed by atoms with Crippen molar-refractivity contribution >= 4 is 17.2 Å². The van der Waals surface area contributed by atoms with Crippen molar-refractivity contribution < 1.29 is 0 Å². The second kappa shape index (κ2) is 3.82. The summed E-state index contributed by atoms with van der Waals surface area (Å²) in [5.41, 5.74) is 3.75. The highest BCUT2D eigenvalue weighted by molar-refractivity contribution is 6.29. The van der Waals surface area contributed by atoms with Crippen molar-refractivity contribution in [2.45, 2.75) is 6.92 Å². The van der Waals surface area contributed by atoms with Gasteiger partial charge in [-0.2, -0.15) is 5.10 Å². The fourth-order valence-electron chi connectivity index (χ4n) is 1.80. The van der Waals surface area contributed by atoms with Crippen molar-refractivity contribution in [3.05, 3.63) is 47.5 Å². The van der Waals surface area contributed by atoms with E-state index in [0.29, 0.717) is 5.15 Å². The molecule has 0 unspecified atom stereocenters. The third kappa shape index (κ3) is 1.66. The summed E-state index contributed by atoms with van der Waals surface area (Å²) >= 11 is 5.97. The molecule has 17 heavy (non-hydrogen) atoms. The normalized spacial score (nSPS) is 10.9. The lowest BCUT2D eigenvalue weighted by Gasteiger charge is -2.02. The lowest BCUT2D eigenvalue weighted by atomic mass is 10.2. The highest BCUT2D eigenvalue weighted by Crippen LogP contribution is 2.21. The minimum Gasteiger partial charge on any atom is -0.265 e. The maximum absolute atomic E-state index is 5.97. The number of halogens is 1. The Kier molecular flexibility index (Phi) is 2.30. The number of hydrogen-bond donors (Lipinski definition) is 0. The van der Waals surface area contributed by atoms with Crippen LogP contribution in [-0.4, -0.2) is 19.6 Å². The van der Waals surface area contributed by atoms with Gasteiger partial charge in [0.15, 0.2) is 5.65 Å². The summed E-state index contributed by atoms with van der Waals surface area (Å²) in [7, 11) is 0. The zero-order chi connectivity index (χ0) is 11.8. The molecule has 0 bridgehead atoms. The number of nitrogens with zero attached hydrogens (tertiary/aromatic N) is 4. The van der Waals surface area contributed by atoms with Gasteiger partial charge >= 0.3 is 0 Å². The molecule has 84 valence electrons. The molecule has 0 saturated heterocycles. The van der Waals surface area contributed by atoms with Crippen LogP contribution in [0.5, 0.6) is 0 Å². The first-order chi connectivity index (χ1) is 8.25. The first kappa shape index (κ1) is 10.2. The Hall–Kier alpha value is -1.94. The second-order valence-electron chi connectivity index (χ2n) is 3.76. The molecule has 4 nitrogen and oxygen atoms in total. The van der Waals surface area contributed by atoms with E-state index in [1.165, 1.54) is 0 Å². The van der Waals surface area contributed by atoms with Crippen molar-refractivity contribution in [1.82, 2.24) is 19.6 Å². The molecule has 3 aromatic heterocycles. The van der Waals surface area contributed by atoms with Gasteiger partial charge in [0.1, 0.15) is 5.15 Å². The maximum atomic E-state index is 5.97. The van der Waals surface area contributed by atoms with E-state index < -0.39 is 0 Å². The van der Waals surface area contributed by atoms with Crippen LogP contribution < -0.4 is 0 Å². The Balaban J connectivity index is 2.32. The third-order valence-electron chi connectivity index (χ3n) is 2.60. The standard InChI is InChI=1S/C12H9ClN4/c1-8-6-11(13)16-17-10(7-15-12(8)17)9-2-4-14-5-3-9/h2-7H,1H3. The molecular weight excluding hydrogens is 236 g/mol. The van der Waals surface area contributed by atoms with Gasteiger partial charge in [0.25, 0.3) is 0 Å². The van der Waals surface area contributed by atoms with E-state index in [4.69, 9.17) is 11.6 Å². The molecular formula is C12H9ClN4. The van der Waals surface area contributed by atoms with Gasteiger partial charge in [-0.3, -0.25) is 4.98 Å². The van der Waals surface area contributed by atoms with Gasteiger partial charge in [-0.05, 0) is 30.7 Å². The Bertz CT molecular complexity index is 676. The van der Waals surface area contributed by atoms with E-state index in [1.54, 1.807) is 29.2 Å². The summed E-state index contributed by atoms with van der Waals surface area (Å²) < 4.78 is 1.76. The van der Waals surface area contributed by atoms with Crippen LogP contribution in [0.4, 0.5) is 0 Å². The van der Waals surface area contributed by atoms with Crippen molar-refractivity contribution in [2.75, 3.05) is 0 Å². The predicted octanol–water partition coefficient (Wildman–Crippen LogP) is 2.75. The second-order valence-corrected chi connectivity index (χ2v) is 4.15. The van der Waals surface area contributed by atoms with E-state index in [1.807, 2.05) is 19.1 Å². The summed E-state index contributed by atoms with van der Waals surface area (Å²) in [4.78, 5) is 8.35. The number of aromatic nitrogens is 4. The molecule has 0 aliphatic heterocycles. The van der Waals surface area contributed by atoms with Gasteiger partial charge in [0.05, 0.1) is 11.9 Å². The van der Waals surface area contributed by atoms with Crippen LogP contribution in [0.2, 0.25) is 5.15 Å². The topological polar surface area (TPSA) is 43.1 Å². The average Bonchev–Trinajstić information content (AvgIpc) is 2.74. The van der Waals surface area contributed by atoms with Crippen molar-refractivity contribution in [3.63, 3.8) is 0 Å². The van der Waals surface area contributed by atoms with E-state index in [0.717, 1.165) is 22.5 Å². The maximum Gasteiger partial charge on any atom is 0.157 e. The minimum atomic E-state index is 0.461. The lowest BCUT2D eigenvalue weighted by molar-refractivity contribution is 0.934.